The monoisotopic (exact) mass is 434 g/mol. The number of aryl methyl sites for hydroxylation is 2. The van der Waals surface area contributed by atoms with Gasteiger partial charge in [0.05, 0.1) is 15.9 Å². The van der Waals surface area contributed by atoms with E-state index in [4.69, 9.17) is 11.6 Å². The van der Waals surface area contributed by atoms with Gasteiger partial charge in [-0.05, 0) is 43.3 Å². The van der Waals surface area contributed by atoms with Crippen molar-refractivity contribution in [3.63, 3.8) is 0 Å². The summed E-state index contributed by atoms with van der Waals surface area (Å²) in [6.45, 7) is 2.66. The Morgan fingerprint density at radius 3 is 2.62 bits per heavy atom. The lowest BCUT2D eigenvalue weighted by molar-refractivity contribution is -0.116. The molecular weight excluding hydrogens is 412 g/mol. The molecule has 3 aromatic rings. The maximum atomic E-state index is 12.4. The fourth-order valence-corrected chi connectivity index (χ4v) is 4.20. The number of nitrogens with one attached hydrogen (secondary N) is 1. The van der Waals surface area contributed by atoms with Crippen molar-refractivity contribution in [1.82, 2.24) is 13.9 Å². The maximum absolute atomic E-state index is 12.4. The van der Waals surface area contributed by atoms with Crippen LogP contribution in [0.5, 0.6) is 0 Å². The van der Waals surface area contributed by atoms with Crippen LogP contribution in [0.4, 0.5) is 5.69 Å². The molecule has 0 atom stereocenters. The molecule has 0 aliphatic carbocycles. The summed E-state index contributed by atoms with van der Waals surface area (Å²) in [5.41, 5.74) is 2.08. The zero-order valence-corrected chi connectivity index (χ0v) is 18.1. The average Bonchev–Trinajstić information content (AvgIpc) is 3.02. The first-order valence-corrected chi connectivity index (χ1v) is 11.0. The number of fused-ring (bicyclic) bond motifs is 1. The molecule has 0 aliphatic rings. The summed E-state index contributed by atoms with van der Waals surface area (Å²) in [4.78, 5) is 17.1. The van der Waals surface area contributed by atoms with Crippen LogP contribution in [0.15, 0.2) is 47.4 Å². The molecule has 1 heterocycles. The van der Waals surface area contributed by atoms with Gasteiger partial charge in [-0.1, -0.05) is 17.7 Å². The van der Waals surface area contributed by atoms with Crippen molar-refractivity contribution in [1.29, 1.82) is 0 Å². The van der Waals surface area contributed by atoms with Crippen molar-refractivity contribution < 1.29 is 13.2 Å². The molecule has 0 saturated carbocycles. The second kappa shape index (κ2) is 8.52. The minimum atomic E-state index is -3.53. The van der Waals surface area contributed by atoms with Crippen molar-refractivity contribution >= 4 is 44.3 Å². The van der Waals surface area contributed by atoms with Gasteiger partial charge < -0.3 is 9.88 Å². The van der Waals surface area contributed by atoms with E-state index >= 15 is 0 Å². The maximum Gasteiger partial charge on any atom is 0.242 e. The largest absolute Gasteiger partial charge is 0.328 e. The number of carbonyl (C=O) groups excluding carboxylic acids is 1. The Balaban J connectivity index is 1.81. The first-order chi connectivity index (χ1) is 13.7. The topological polar surface area (TPSA) is 84.3 Å². The number of halogens is 1. The number of amides is 1. The Labute approximate surface area is 175 Å². The quantitative estimate of drug-likeness (QED) is 0.616. The van der Waals surface area contributed by atoms with Crippen LogP contribution in [0.2, 0.25) is 5.02 Å². The van der Waals surface area contributed by atoms with Gasteiger partial charge in [0, 0.05) is 44.2 Å². The van der Waals surface area contributed by atoms with Gasteiger partial charge in [0.15, 0.2) is 0 Å². The summed E-state index contributed by atoms with van der Waals surface area (Å²) in [6, 6.07) is 11.9. The molecule has 9 heteroatoms. The molecule has 7 nitrogen and oxygen atoms in total. The van der Waals surface area contributed by atoms with Gasteiger partial charge in [0.25, 0.3) is 0 Å². The Hall–Kier alpha value is -2.42. The van der Waals surface area contributed by atoms with E-state index in [1.165, 1.54) is 18.4 Å². The van der Waals surface area contributed by atoms with Crippen molar-refractivity contribution in [2.45, 2.75) is 31.2 Å². The van der Waals surface area contributed by atoms with Crippen LogP contribution in [0.25, 0.3) is 11.0 Å². The summed E-state index contributed by atoms with van der Waals surface area (Å²) in [5.74, 6) is 0.598. The third-order valence-electron chi connectivity index (χ3n) is 4.58. The molecular formula is C20H23ClN4O3S. The molecule has 0 aliphatic heterocycles. The number of sulfonamides is 1. The highest BCUT2D eigenvalue weighted by Crippen LogP contribution is 2.23. The van der Waals surface area contributed by atoms with Gasteiger partial charge in [-0.15, -0.1) is 0 Å². The van der Waals surface area contributed by atoms with Gasteiger partial charge >= 0.3 is 0 Å². The zero-order valence-electron chi connectivity index (χ0n) is 16.5. The van der Waals surface area contributed by atoms with Gasteiger partial charge in [-0.3, -0.25) is 4.79 Å². The Kier molecular flexibility index (Phi) is 6.26. The van der Waals surface area contributed by atoms with Crippen molar-refractivity contribution in [2.75, 3.05) is 19.4 Å². The number of aromatic nitrogens is 2. The second-order valence-electron chi connectivity index (χ2n) is 6.77. The van der Waals surface area contributed by atoms with Crippen molar-refractivity contribution in [3.8, 4) is 0 Å². The Morgan fingerprint density at radius 2 is 1.97 bits per heavy atom. The highest BCUT2D eigenvalue weighted by atomic mass is 35.5. The summed E-state index contributed by atoms with van der Waals surface area (Å²) in [5, 5.41) is 3.38. The third-order valence-corrected chi connectivity index (χ3v) is 6.62. The predicted octanol–water partition coefficient (Wildman–Crippen LogP) is 3.53. The number of nitrogens with zero attached hydrogens (tertiary/aromatic N) is 3. The van der Waals surface area contributed by atoms with E-state index < -0.39 is 10.0 Å². The van der Waals surface area contributed by atoms with Gasteiger partial charge in [-0.2, -0.15) is 0 Å². The SMILES string of the molecule is CCn1c(CCC(=O)Nc2cccc(Cl)c2)nc2cc(S(=O)(=O)N(C)C)ccc21. The van der Waals surface area contributed by atoms with E-state index in [-0.39, 0.29) is 17.2 Å². The number of hydrogen-bond acceptors (Lipinski definition) is 4. The summed E-state index contributed by atoms with van der Waals surface area (Å²) >= 11 is 5.94. The smallest absolute Gasteiger partial charge is 0.242 e. The van der Waals surface area contributed by atoms with Crippen LogP contribution in [0, 0.1) is 0 Å². The van der Waals surface area contributed by atoms with E-state index in [0.29, 0.717) is 29.2 Å². The minimum Gasteiger partial charge on any atom is -0.328 e. The van der Waals surface area contributed by atoms with E-state index in [2.05, 4.69) is 10.3 Å². The standard InChI is InChI=1S/C20H23ClN4O3S/c1-4-25-18-9-8-16(29(27,28)24(2)3)13-17(18)23-19(25)10-11-20(26)22-15-7-5-6-14(21)12-15/h5-9,12-13H,4,10-11H2,1-3H3,(H,22,26). The van der Waals surface area contributed by atoms with Crippen LogP contribution in [0.3, 0.4) is 0 Å². The highest BCUT2D eigenvalue weighted by Gasteiger charge is 2.19. The molecule has 154 valence electrons. The van der Waals surface area contributed by atoms with Gasteiger partial charge in [-0.25, -0.2) is 17.7 Å². The number of hydrogen-bond donors (Lipinski definition) is 1. The summed E-state index contributed by atoms with van der Waals surface area (Å²) in [7, 11) is -0.545. The fraction of sp³-hybridized carbons (Fsp3) is 0.300. The second-order valence-corrected chi connectivity index (χ2v) is 9.36. The van der Waals surface area contributed by atoms with E-state index in [1.54, 1.807) is 42.5 Å². The molecule has 1 N–H and O–H groups in total. The first kappa shape index (κ1) is 21.3. The molecule has 0 unspecified atom stereocenters. The van der Waals surface area contributed by atoms with Crippen LogP contribution in [-0.4, -0.2) is 42.3 Å². The Bertz CT molecular complexity index is 1160. The van der Waals surface area contributed by atoms with Crippen molar-refractivity contribution in [2.24, 2.45) is 0 Å². The number of rotatable bonds is 7. The summed E-state index contributed by atoms with van der Waals surface area (Å²) < 4.78 is 27.9. The lowest BCUT2D eigenvalue weighted by Gasteiger charge is -2.11. The number of benzene rings is 2. The molecule has 0 spiro atoms. The number of imidazole rings is 1. The molecule has 0 bridgehead atoms. The Morgan fingerprint density at radius 1 is 1.21 bits per heavy atom. The van der Waals surface area contributed by atoms with Gasteiger partial charge in [0.1, 0.15) is 5.82 Å². The molecule has 1 amide bonds. The first-order valence-electron chi connectivity index (χ1n) is 9.19. The molecule has 1 aromatic heterocycles. The molecule has 0 saturated heterocycles. The van der Waals surface area contributed by atoms with Gasteiger partial charge in [0.2, 0.25) is 15.9 Å². The summed E-state index contributed by atoms with van der Waals surface area (Å²) in [6.07, 6.45) is 0.684. The normalized spacial score (nSPS) is 11.9. The average molecular weight is 435 g/mol. The molecule has 0 radical (unpaired) electrons. The lowest BCUT2D eigenvalue weighted by atomic mass is 10.2. The zero-order chi connectivity index (χ0) is 21.2. The number of carbonyl (C=O) groups is 1. The van der Waals surface area contributed by atoms with Crippen LogP contribution in [0.1, 0.15) is 19.2 Å². The lowest BCUT2D eigenvalue weighted by Crippen LogP contribution is -2.22. The highest BCUT2D eigenvalue weighted by molar-refractivity contribution is 7.89. The third kappa shape index (κ3) is 4.60. The molecule has 3 rings (SSSR count). The molecule has 29 heavy (non-hydrogen) atoms. The molecule has 2 aromatic carbocycles. The van der Waals surface area contributed by atoms with E-state index in [9.17, 15) is 13.2 Å². The molecule has 0 fully saturated rings. The predicted molar refractivity (Wildman–Crippen MR) is 115 cm³/mol. The van der Waals surface area contributed by atoms with Crippen LogP contribution >= 0.6 is 11.6 Å². The van der Waals surface area contributed by atoms with E-state index in [1.807, 2.05) is 11.5 Å². The number of anilines is 1. The minimum absolute atomic E-state index is 0.141. The van der Waals surface area contributed by atoms with Crippen molar-refractivity contribution in [3.05, 3.63) is 53.3 Å². The van der Waals surface area contributed by atoms with E-state index in [0.717, 1.165) is 11.3 Å². The van der Waals surface area contributed by atoms with Crippen LogP contribution in [-0.2, 0) is 27.8 Å². The fourth-order valence-electron chi connectivity index (χ4n) is 3.09. The van der Waals surface area contributed by atoms with Crippen LogP contribution < -0.4 is 5.32 Å².